The average molecular weight is 319 g/mol. The molecular weight excluding hydrogens is 302 g/mol. The van der Waals surface area contributed by atoms with Crippen molar-refractivity contribution in [2.24, 2.45) is 0 Å². The molecule has 0 saturated carbocycles. The quantitative estimate of drug-likeness (QED) is 0.818. The van der Waals surface area contributed by atoms with Gasteiger partial charge in [-0.1, -0.05) is 12.2 Å². The van der Waals surface area contributed by atoms with E-state index in [1.165, 1.54) is 0 Å². The standard InChI is InChI=1S/C14H17N5O4/c1-8(2)22-13(20)18-12-16-10(9-5-3-4-6-15-9)7-11-17-14(21)23-19(11)12/h3-4,7-9,15H,5-6H2,1-2H3,(H,16,18,20). The van der Waals surface area contributed by atoms with Gasteiger partial charge in [0.2, 0.25) is 5.95 Å². The minimum atomic E-state index is -0.763. The predicted octanol–water partition coefficient (Wildman–Crippen LogP) is 1.23. The second kappa shape index (κ2) is 6.21. The van der Waals surface area contributed by atoms with Crippen LogP contribution in [0.5, 0.6) is 0 Å². The SMILES string of the molecule is CC(C)OC(=O)Nc1nc(C2CC=CCN2)cc2nc(=O)on12. The third-order valence-electron chi connectivity index (χ3n) is 3.22. The summed E-state index contributed by atoms with van der Waals surface area (Å²) >= 11 is 0. The lowest BCUT2D eigenvalue weighted by Crippen LogP contribution is -2.26. The molecule has 2 aromatic heterocycles. The van der Waals surface area contributed by atoms with E-state index in [9.17, 15) is 9.59 Å². The third kappa shape index (κ3) is 3.39. The van der Waals surface area contributed by atoms with Crippen LogP contribution in [0, 0.1) is 0 Å². The molecule has 1 unspecified atom stereocenters. The molecule has 0 spiro atoms. The van der Waals surface area contributed by atoms with E-state index >= 15 is 0 Å². The van der Waals surface area contributed by atoms with Gasteiger partial charge in [-0.2, -0.15) is 4.98 Å². The monoisotopic (exact) mass is 319 g/mol. The van der Waals surface area contributed by atoms with Crippen LogP contribution < -0.4 is 16.4 Å². The lowest BCUT2D eigenvalue weighted by atomic mass is 10.1. The van der Waals surface area contributed by atoms with Crippen LogP contribution in [0.4, 0.5) is 10.7 Å². The Hall–Kier alpha value is -2.68. The Bertz CT molecular complexity index is 807. The molecule has 1 aliphatic rings. The van der Waals surface area contributed by atoms with Gasteiger partial charge in [-0.25, -0.2) is 14.6 Å². The molecule has 0 aromatic carbocycles. The minimum Gasteiger partial charge on any atom is -0.447 e. The fraction of sp³-hybridized carbons (Fsp3) is 0.429. The number of aromatic nitrogens is 3. The molecule has 0 aliphatic carbocycles. The van der Waals surface area contributed by atoms with Crippen LogP contribution in [-0.4, -0.2) is 33.3 Å². The fourth-order valence-electron chi connectivity index (χ4n) is 2.29. The second-order valence-corrected chi connectivity index (χ2v) is 5.37. The van der Waals surface area contributed by atoms with Crippen molar-refractivity contribution in [2.75, 3.05) is 11.9 Å². The van der Waals surface area contributed by atoms with Crippen molar-refractivity contribution < 1.29 is 14.1 Å². The maximum atomic E-state index is 11.8. The average Bonchev–Trinajstić information content (AvgIpc) is 2.88. The molecule has 3 heterocycles. The van der Waals surface area contributed by atoms with Crippen molar-refractivity contribution in [3.63, 3.8) is 0 Å². The van der Waals surface area contributed by atoms with E-state index in [1.54, 1.807) is 19.9 Å². The smallest absolute Gasteiger partial charge is 0.447 e. The fourth-order valence-corrected chi connectivity index (χ4v) is 2.29. The zero-order chi connectivity index (χ0) is 16.4. The molecule has 1 atom stereocenters. The van der Waals surface area contributed by atoms with Crippen LogP contribution in [0.3, 0.4) is 0 Å². The van der Waals surface area contributed by atoms with Crippen LogP contribution in [-0.2, 0) is 4.74 Å². The van der Waals surface area contributed by atoms with Gasteiger partial charge in [-0.05, 0) is 20.3 Å². The normalized spacial score (nSPS) is 17.6. The highest BCUT2D eigenvalue weighted by molar-refractivity contribution is 5.82. The highest BCUT2D eigenvalue weighted by Crippen LogP contribution is 2.21. The van der Waals surface area contributed by atoms with Crippen LogP contribution in [0.25, 0.3) is 5.65 Å². The molecule has 0 bridgehead atoms. The number of anilines is 1. The van der Waals surface area contributed by atoms with Gasteiger partial charge in [-0.3, -0.25) is 5.32 Å². The van der Waals surface area contributed by atoms with E-state index in [0.29, 0.717) is 5.69 Å². The maximum Gasteiger partial charge on any atom is 0.460 e. The first kappa shape index (κ1) is 15.2. The molecule has 2 N–H and O–H groups in total. The number of carbonyl (C=O) groups is 1. The Morgan fingerprint density at radius 1 is 1.48 bits per heavy atom. The van der Waals surface area contributed by atoms with Gasteiger partial charge >= 0.3 is 11.8 Å². The second-order valence-electron chi connectivity index (χ2n) is 5.37. The lowest BCUT2D eigenvalue weighted by molar-refractivity contribution is 0.129. The van der Waals surface area contributed by atoms with Gasteiger partial charge in [0.15, 0.2) is 5.65 Å². The highest BCUT2D eigenvalue weighted by atomic mass is 16.6. The van der Waals surface area contributed by atoms with Gasteiger partial charge in [0.1, 0.15) is 0 Å². The zero-order valence-corrected chi connectivity index (χ0v) is 12.8. The number of rotatable bonds is 3. The summed E-state index contributed by atoms with van der Waals surface area (Å²) in [4.78, 5) is 31.3. The van der Waals surface area contributed by atoms with Gasteiger partial charge < -0.3 is 14.6 Å². The first-order valence-corrected chi connectivity index (χ1v) is 7.30. The number of amides is 1. The third-order valence-corrected chi connectivity index (χ3v) is 3.22. The highest BCUT2D eigenvalue weighted by Gasteiger charge is 2.19. The van der Waals surface area contributed by atoms with Crippen LogP contribution >= 0.6 is 0 Å². The van der Waals surface area contributed by atoms with E-state index in [-0.39, 0.29) is 23.7 Å². The number of fused-ring (bicyclic) bond motifs is 1. The van der Waals surface area contributed by atoms with Crippen molar-refractivity contribution in [3.8, 4) is 0 Å². The van der Waals surface area contributed by atoms with E-state index < -0.39 is 11.8 Å². The van der Waals surface area contributed by atoms with Crippen molar-refractivity contribution >= 4 is 17.7 Å². The molecule has 9 heteroatoms. The molecule has 3 rings (SSSR count). The molecule has 0 fully saturated rings. The number of nitrogens with zero attached hydrogens (tertiary/aromatic N) is 3. The van der Waals surface area contributed by atoms with Crippen LogP contribution in [0.1, 0.15) is 32.0 Å². The van der Waals surface area contributed by atoms with Crippen LogP contribution in [0.2, 0.25) is 0 Å². The topological polar surface area (TPSA) is 111 Å². The Kier molecular flexibility index (Phi) is 4.11. The summed E-state index contributed by atoms with van der Waals surface area (Å²) in [5, 5.41) is 5.76. The number of ether oxygens (including phenoxy) is 1. The van der Waals surface area contributed by atoms with Gasteiger partial charge in [0.25, 0.3) is 0 Å². The van der Waals surface area contributed by atoms with E-state index in [0.717, 1.165) is 17.5 Å². The summed E-state index contributed by atoms with van der Waals surface area (Å²) in [7, 11) is 0. The number of hydrogen-bond donors (Lipinski definition) is 2. The maximum absolute atomic E-state index is 11.8. The first-order valence-electron chi connectivity index (χ1n) is 7.30. The predicted molar refractivity (Wildman–Crippen MR) is 81.3 cm³/mol. The summed E-state index contributed by atoms with van der Waals surface area (Å²) in [6.45, 7) is 4.19. The molecule has 0 saturated heterocycles. The van der Waals surface area contributed by atoms with Crippen molar-refractivity contribution in [3.05, 3.63) is 34.5 Å². The van der Waals surface area contributed by atoms with E-state index in [2.05, 4.69) is 20.6 Å². The summed E-state index contributed by atoms with van der Waals surface area (Å²) in [6, 6.07) is 1.62. The van der Waals surface area contributed by atoms with Gasteiger partial charge in [0, 0.05) is 12.6 Å². The van der Waals surface area contributed by atoms with Gasteiger partial charge in [0.05, 0.1) is 17.8 Å². The molecule has 2 aromatic rings. The Morgan fingerprint density at radius 3 is 3.00 bits per heavy atom. The van der Waals surface area contributed by atoms with Gasteiger partial charge in [-0.15, -0.1) is 4.57 Å². The summed E-state index contributed by atoms with van der Waals surface area (Å²) < 4.78 is 11.0. The molecule has 122 valence electrons. The zero-order valence-electron chi connectivity index (χ0n) is 12.8. The first-order chi connectivity index (χ1) is 11.0. The molecule has 1 amide bonds. The van der Waals surface area contributed by atoms with Crippen molar-refractivity contribution in [1.82, 2.24) is 19.9 Å². The largest absolute Gasteiger partial charge is 0.460 e. The number of hydrogen-bond acceptors (Lipinski definition) is 7. The Morgan fingerprint density at radius 2 is 2.30 bits per heavy atom. The number of carbonyl (C=O) groups excluding carboxylic acids is 1. The Labute approximate surface area is 131 Å². The van der Waals surface area contributed by atoms with E-state index in [1.807, 2.05) is 12.2 Å². The molecular formula is C14H17N5O4. The van der Waals surface area contributed by atoms with Crippen molar-refractivity contribution in [2.45, 2.75) is 32.4 Å². The summed E-state index contributed by atoms with van der Waals surface area (Å²) in [5.74, 6) is -0.713. The molecule has 9 nitrogen and oxygen atoms in total. The number of nitrogens with one attached hydrogen (secondary N) is 2. The van der Waals surface area contributed by atoms with E-state index in [4.69, 9.17) is 9.26 Å². The summed E-state index contributed by atoms with van der Waals surface area (Å²) in [5.41, 5.74) is 0.929. The van der Waals surface area contributed by atoms with Crippen LogP contribution in [0.15, 0.2) is 27.5 Å². The lowest BCUT2D eigenvalue weighted by Gasteiger charge is -2.19. The molecule has 0 radical (unpaired) electrons. The molecule has 1 aliphatic heterocycles. The summed E-state index contributed by atoms with van der Waals surface area (Å²) in [6.07, 6.45) is 3.85. The Balaban J connectivity index is 1.98. The minimum absolute atomic E-state index is 0.0292. The van der Waals surface area contributed by atoms with Crippen molar-refractivity contribution in [1.29, 1.82) is 0 Å². The molecule has 23 heavy (non-hydrogen) atoms.